The monoisotopic (exact) mass is 376 g/mol. The number of hydrogen-bond acceptors (Lipinski definition) is 6. The van der Waals surface area contributed by atoms with Crippen LogP contribution in [-0.4, -0.2) is 39.4 Å². The number of rotatable bonds is 7. The van der Waals surface area contributed by atoms with Gasteiger partial charge < -0.3 is 18.9 Å². The van der Waals surface area contributed by atoms with Gasteiger partial charge in [0.1, 0.15) is 19.0 Å². The van der Waals surface area contributed by atoms with Crippen molar-refractivity contribution < 1.29 is 32.9 Å². The highest BCUT2D eigenvalue weighted by Crippen LogP contribution is 2.24. The summed E-state index contributed by atoms with van der Waals surface area (Å²) < 4.78 is 34.6. The van der Waals surface area contributed by atoms with Crippen LogP contribution in [0.2, 0.25) is 0 Å². The first-order chi connectivity index (χ1) is 12.9. The molecule has 0 atom stereocenters. The molecule has 0 fully saturated rings. The Hall–Kier alpha value is -3.09. The van der Waals surface area contributed by atoms with E-state index >= 15 is 0 Å². The Morgan fingerprint density at radius 1 is 0.889 bits per heavy atom. The fourth-order valence-electron chi connectivity index (χ4n) is 2.43. The molecule has 0 heterocycles. The highest BCUT2D eigenvalue weighted by Gasteiger charge is 2.16. The Kier molecular flexibility index (Phi) is 6.76. The number of carbonyl (C=O) groups excluding carboxylic acids is 2. The van der Waals surface area contributed by atoms with Gasteiger partial charge in [-0.2, -0.15) is 0 Å². The van der Waals surface area contributed by atoms with E-state index in [1.807, 2.05) is 0 Å². The Balaban J connectivity index is 1.97. The molecule has 0 amide bonds. The predicted molar refractivity (Wildman–Crippen MR) is 96.0 cm³/mol. The van der Waals surface area contributed by atoms with Gasteiger partial charge in [-0.3, -0.25) is 0 Å². The van der Waals surface area contributed by atoms with Gasteiger partial charge in [-0.25, -0.2) is 14.0 Å². The third-order valence-electron chi connectivity index (χ3n) is 3.98. The van der Waals surface area contributed by atoms with Gasteiger partial charge >= 0.3 is 11.9 Å². The summed E-state index contributed by atoms with van der Waals surface area (Å²) in [6, 6.07) is 7.87. The Bertz CT molecular complexity index is 847. The second-order valence-corrected chi connectivity index (χ2v) is 5.71. The zero-order valence-corrected chi connectivity index (χ0v) is 15.6. The van der Waals surface area contributed by atoms with E-state index < -0.39 is 17.8 Å². The lowest BCUT2D eigenvalue weighted by Crippen LogP contribution is -2.12. The highest BCUT2D eigenvalue weighted by atomic mass is 19.1. The molecule has 27 heavy (non-hydrogen) atoms. The molecular formula is C20H21FO6. The summed E-state index contributed by atoms with van der Waals surface area (Å²) in [5.41, 5.74) is 1.49. The summed E-state index contributed by atoms with van der Waals surface area (Å²) in [6.07, 6.45) is 0. The summed E-state index contributed by atoms with van der Waals surface area (Å²) in [5.74, 6) is -1.19. The quantitative estimate of drug-likeness (QED) is 0.544. The molecule has 144 valence electrons. The number of carbonyl (C=O) groups is 2. The average Bonchev–Trinajstić information content (AvgIpc) is 2.68. The number of benzene rings is 2. The Morgan fingerprint density at radius 3 is 2.19 bits per heavy atom. The van der Waals surface area contributed by atoms with Crippen molar-refractivity contribution in [2.75, 3.05) is 27.4 Å². The molecule has 0 saturated heterocycles. The van der Waals surface area contributed by atoms with Crippen molar-refractivity contribution in [1.82, 2.24) is 0 Å². The summed E-state index contributed by atoms with van der Waals surface area (Å²) in [6.45, 7) is 3.49. The Morgan fingerprint density at radius 2 is 1.52 bits per heavy atom. The topological polar surface area (TPSA) is 71.1 Å². The average molecular weight is 376 g/mol. The maximum atomic E-state index is 14.3. The Labute approximate surface area is 156 Å². The standard InChI is InChI=1S/C20H21FO6/c1-12-5-6-14(11-16(12)20(23)25-4)26-9-10-27-17-8-7-15(19(22)24-3)13(2)18(17)21/h5-8,11H,9-10H2,1-4H3. The van der Waals surface area contributed by atoms with Crippen LogP contribution in [0, 0.1) is 19.7 Å². The lowest BCUT2D eigenvalue weighted by molar-refractivity contribution is 0.0590. The lowest BCUT2D eigenvalue weighted by atomic mass is 10.1. The van der Waals surface area contributed by atoms with Crippen LogP contribution in [0.1, 0.15) is 31.8 Å². The van der Waals surface area contributed by atoms with E-state index in [1.165, 1.54) is 33.3 Å². The smallest absolute Gasteiger partial charge is 0.338 e. The van der Waals surface area contributed by atoms with Gasteiger partial charge in [-0.1, -0.05) is 6.07 Å². The number of aryl methyl sites for hydroxylation is 1. The number of methoxy groups -OCH3 is 2. The molecule has 0 radical (unpaired) electrons. The minimum absolute atomic E-state index is 0.0166. The van der Waals surface area contributed by atoms with Gasteiger partial charge in [0.15, 0.2) is 11.6 Å². The molecule has 0 aliphatic carbocycles. The fraction of sp³-hybridized carbons (Fsp3) is 0.300. The first kappa shape index (κ1) is 20.2. The van der Waals surface area contributed by atoms with E-state index in [2.05, 4.69) is 4.74 Å². The van der Waals surface area contributed by atoms with Crippen LogP contribution in [0.25, 0.3) is 0 Å². The molecule has 6 nitrogen and oxygen atoms in total. The van der Waals surface area contributed by atoms with Gasteiger partial charge in [0.05, 0.1) is 25.3 Å². The molecule has 2 aromatic rings. The molecule has 7 heteroatoms. The van der Waals surface area contributed by atoms with Crippen LogP contribution < -0.4 is 9.47 Å². The maximum absolute atomic E-state index is 14.3. The van der Waals surface area contributed by atoms with Crippen molar-refractivity contribution in [3.05, 3.63) is 58.4 Å². The number of hydrogen-bond donors (Lipinski definition) is 0. The third kappa shape index (κ3) is 4.75. The largest absolute Gasteiger partial charge is 0.490 e. The first-order valence-corrected chi connectivity index (χ1v) is 8.21. The van der Waals surface area contributed by atoms with Gasteiger partial charge in [0, 0.05) is 5.56 Å². The van der Waals surface area contributed by atoms with Crippen molar-refractivity contribution in [1.29, 1.82) is 0 Å². The lowest BCUT2D eigenvalue weighted by Gasteiger charge is -2.12. The summed E-state index contributed by atoms with van der Waals surface area (Å²) in [7, 11) is 2.54. The zero-order valence-electron chi connectivity index (χ0n) is 15.6. The second kappa shape index (κ2) is 9.02. The molecule has 0 aromatic heterocycles. The van der Waals surface area contributed by atoms with Crippen molar-refractivity contribution >= 4 is 11.9 Å². The summed E-state index contributed by atoms with van der Waals surface area (Å²) in [5, 5.41) is 0. The maximum Gasteiger partial charge on any atom is 0.338 e. The fourth-order valence-corrected chi connectivity index (χ4v) is 2.43. The van der Waals surface area contributed by atoms with Gasteiger partial charge in [-0.15, -0.1) is 0 Å². The van der Waals surface area contributed by atoms with Crippen molar-refractivity contribution in [3.8, 4) is 11.5 Å². The van der Waals surface area contributed by atoms with Gasteiger partial charge in [-0.05, 0) is 43.7 Å². The van der Waals surface area contributed by atoms with Gasteiger partial charge in [0.2, 0.25) is 0 Å². The first-order valence-electron chi connectivity index (χ1n) is 8.21. The number of halogens is 1. The zero-order chi connectivity index (χ0) is 20.0. The van der Waals surface area contributed by atoms with Crippen molar-refractivity contribution in [2.45, 2.75) is 13.8 Å². The van der Waals surface area contributed by atoms with Crippen LogP contribution in [-0.2, 0) is 9.47 Å². The van der Waals surface area contributed by atoms with Crippen molar-refractivity contribution in [2.24, 2.45) is 0 Å². The van der Waals surface area contributed by atoms with E-state index in [0.29, 0.717) is 11.3 Å². The molecule has 0 bridgehead atoms. The molecule has 0 aliphatic heterocycles. The third-order valence-corrected chi connectivity index (χ3v) is 3.98. The summed E-state index contributed by atoms with van der Waals surface area (Å²) >= 11 is 0. The SMILES string of the molecule is COC(=O)c1cc(OCCOc2ccc(C(=O)OC)c(C)c2F)ccc1C. The molecule has 2 rings (SSSR count). The van der Waals surface area contributed by atoms with E-state index in [0.717, 1.165) is 5.56 Å². The van der Waals surface area contributed by atoms with E-state index in [9.17, 15) is 14.0 Å². The molecule has 0 saturated carbocycles. The molecule has 0 N–H and O–H groups in total. The van der Waals surface area contributed by atoms with Crippen LogP contribution in [0.3, 0.4) is 0 Å². The van der Waals surface area contributed by atoms with E-state index in [1.54, 1.807) is 25.1 Å². The molecule has 0 spiro atoms. The minimum atomic E-state index is -0.624. The minimum Gasteiger partial charge on any atom is -0.490 e. The summed E-state index contributed by atoms with van der Waals surface area (Å²) in [4.78, 5) is 23.2. The molecule has 0 unspecified atom stereocenters. The van der Waals surface area contributed by atoms with Crippen LogP contribution >= 0.6 is 0 Å². The van der Waals surface area contributed by atoms with Crippen LogP contribution in [0.4, 0.5) is 4.39 Å². The van der Waals surface area contributed by atoms with Crippen LogP contribution in [0.15, 0.2) is 30.3 Å². The highest BCUT2D eigenvalue weighted by molar-refractivity contribution is 5.91. The van der Waals surface area contributed by atoms with Crippen LogP contribution in [0.5, 0.6) is 11.5 Å². The number of ether oxygens (including phenoxy) is 4. The molecule has 0 aliphatic rings. The molecular weight excluding hydrogens is 355 g/mol. The second-order valence-electron chi connectivity index (χ2n) is 5.71. The van der Waals surface area contributed by atoms with Crippen molar-refractivity contribution in [3.63, 3.8) is 0 Å². The number of esters is 2. The van der Waals surface area contributed by atoms with Gasteiger partial charge in [0.25, 0.3) is 0 Å². The van der Waals surface area contributed by atoms with E-state index in [-0.39, 0.29) is 30.1 Å². The normalized spacial score (nSPS) is 10.3. The van der Waals surface area contributed by atoms with E-state index in [4.69, 9.17) is 14.2 Å². The predicted octanol–water partition coefficient (Wildman–Crippen LogP) is 3.47. The molecule has 2 aromatic carbocycles.